The Bertz CT molecular complexity index is 487. The lowest BCUT2D eigenvalue weighted by Crippen LogP contribution is -1.93. The van der Waals surface area contributed by atoms with E-state index in [9.17, 15) is 4.79 Å². The van der Waals surface area contributed by atoms with E-state index in [-0.39, 0.29) is 5.78 Å². The van der Waals surface area contributed by atoms with Crippen LogP contribution in [-0.2, 0) is 0 Å². The van der Waals surface area contributed by atoms with Crippen LogP contribution >= 0.6 is 11.6 Å². The molecule has 0 fully saturated rings. The van der Waals surface area contributed by atoms with Gasteiger partial charge >= 0.3 is 0 Å². The van der Waals surface area contributed by atoms with Crippen LogP contribution in [0.1, 0.15) is 23.7 Å². The number of nitrogens with one attached hydrogen (secondary N) is 1. The summed E-state index contributed by atoms with van der Waals surface area (Å²) < 4.78 is 0. The molecule has 0 radical (unpaired) electrons. The molecule has 1 heterocycles. The van der Waals surface area contributed by atoms with Gasteiger partial charge in [0.05, 0.1) is 0 Å². The molecule has 0 spiro atoms. The molecule has 2 rings (SSSR count). The predicted octanol–water partition coefficient (Wildman–Crippen LogP) is 3.41. The third-order valence-corrected chi connectivity index (χ3v) is 2.50. The number of fused-ring (bicyclic) bond motifs is 1. The first kappa shape index (κ1) is 9.28. The average molecular weight is 208 g/mol. The minimum Gasteiger partial charge on any atom is -0.360 e. The van der Waals surface area contributed by atoms with Gasteiger partial charge in [0, 0.05) is 34.1 Å². The van der Waals surface area contributed by atoms with Gasteiger partial charge in [0.15, 0.2) is 5.78 Å². The maximum absolute atomic E-state index is 11.5. The van der Waals surface area contributed by atoms with Gasteiger partial charge in [0.2, 0.25) is 0 Å². The van der Waals surface area contributed by atoms with Crippen LogP contribution < -0.4 is 0 Å². The normalized spacial score (nSPS) is 10.7. The van der Waals surface area contributed by atoms with Crippen molar-refractivity contribution < 1.29 is 4.79 Å². The van der Waals surface area contributed by atoms with Crippen molar-refractivity contribution >= 4 is 28.3 Å². The molecule has 0 saturated carbocycles. The van der Waals surface area contributed by atoms with Crippen LogP contribution in [0, 0.1) is 0 Å². The zero-order valence-electron chi connectivity index (χ0n) is 7.80. The van der Waals surface area contributed by atoms with Crippen molar-refractivity contribution in [1.82, 2.24) is 4.98 Å². The average Bonchev–Trinajstić information content (AvgIpc) is 2.59. The first-order valence-electron chi connectivity index (χ1n) is 4.52. The van der Waals surface area contributed by atoms with Gasteiger partial charge in [-0.05, 0) is 18.2 Å². The van der Waals surface area contributed by atoms with Crippen molar-refractivity contribution in [3.8, 4) is 0 Å². The second-order valence-electron chi connectivity index (χ2n) is 3.17. The van der Waals surface area contributed by atoms with Crippen molar-refractivity contribution in [2.75, 3.05) is 0 Å². The van der Waals surface area contributed by atoms with Crippen LogP contribution in [0.4, 0.5) is 0 Å². The lowest BCUT2D eigenvalue weighted by molar-refractivity contribution is 0.0990. The Labute approximate surface area is 86.9 Å². The van der Waals surface area contributed by atoms with Crippen molar-refractivity contribution in [2.24, 2.45) is 0 Å². The summed E-state index contributed by atoms with van der Waals surface area (Å²) in [6.45, 7) is 1.85. The summed E-state index contributed by atoms with van der Waals surface area (Å²) in [5, 5.41) is 1.56. The minimum absolute atomic E-state index is 0.138. The van der Waals surface area contributed by atoms with Crippen LogP contribution in [0.3, 0.4) is 0 Å². The number of ketones is 1. The maximum atomic E-state index is 11.5. The van der Waals surface area contributed by atoms with E-state index in [1.165, 1.54) is 0 Å². The number of hydrogen-bond acceptors (Lipinski definition) is 1. The fraction of sp³-hybridized carbons (Fsp3) is 0.182. The van der Waals surface area contributed by atoms with Crippen molar-refractivity contribution in [3.63, 3.8) is 0 Å². The maximum Gasteiger partial charge on any atom is 0.164 e. The molecule has 1 aromatic carbocycles. The molecule has 0 saturated heterocycles. The standard InChI is InChI=1S/C11H10ClNO/c1-2-11(14)9-6-13-10-4-3-7(12)5-8(9)10/h3-6,13H,2H2,1H3. The number of rotatable bonds is 2. The largest absolute Gasteiger partial charge is 0.360 e. The molecule has 0 aliphatic carbocycles. The molecule has 14 heavy (non-hydrogen) atoms. The summed E-state index contributed by atoms with van der Waals surface area (Å²) in [4.78, 5) is 14.6. The van der Waals surface area contributed by atoms with Crippen molar-refractivity contribution in [3.05, 3.63) is 35.0 Å². The highest BCUT2D eigenvalue weighted by atomic mass is 35.5. The molecule has 0 atom stereocenters. The zero-order valence-corrected chi connectivity index (χ0v) is 8.56. The Morgan fingerprint density at radius 1 is 1.50 bits per heavy atom. The number of Topliss-reactive ketones (excluding diaryl/α,β-unsaturated/α-hetero) is 1. The Kier molecular flexibility index (Phi) is 2.30. The Morgan fingerprint density at radius 3 is 3.00 bits per heavy atom. The van der Waals surface area contributed by atoms with Gasteiger partial charge in [-0.3, -0.25) is 4.79 Å². The number of benzene rings is 1. The third-order valence-electron chi connectivity index (χ3n) is 2.27. The molecular weight excluding hydrogens is 198 g/mol. The van der Waals surface area contributed by atoms with E-state index >= 15 is 0 Å². The van der Waals surface area contributed by atoms with Gasteiger partial charge < -0.3 is 4.98 Å². The van der Waals surface area contributed by atoms with Gasteiger partial charge in [-0.1, -0.05) is 18.5 Å². The molecule has 0 aliphatic heterocycles. The van der Waals surface area contributed by atoms with Gasteiger partial charge in [-0.2, -0.15) is 0 Å². The fourth-order valence-electron chi connectivity index (χ4n) is 1.51. The second-order valence-corrected chi connectivity index (χ2v) is 3.61. The molecular formula is C11H10ClNO. The smallest absolute Gasteiger partial charge is 0.164 e. The molecule has 0 aliphatic rings. The van der Waals surface area contributed by atoms with Gasteiger partial charge in [-0.25, -0.2) is 0 Å². The molecule has 0 unspecified atom stereocenters. The lowest BCUT2D eigenvalue weighted by atomic mass is 10.1. The number of aromatic amines is 1. The summed E-state index contributed by atoms with van der Waals surface area (Å²) in [5.74, 6) is 0.138. The highest BCUT2D eigenvalue weighted by Gasteiger charge is 2.09. The third kappa shape index (κ3) is 1.42. The van der Waals surface area contributed by atoms with E-state index < -0.39 is 0 Å². The van der Waals surface area contributed by atoms with E-state index in [1.807, 2.05) is 19.1 Å². The number of carbonyl (C=O) groups is 1. The number of hydrogen-bond donors (Lipinski definition) is 1. The molecule has 72 valence electrons. The van der Waals surface area contributed by atoms with Crippen LogP contribution in [0.5, 0.6) is 0 Å². The highest BCUT2D eigenvalue weighted by molar-refractivity contribution is 6.31. The highest BCUT2D eigenvalue weighted by Crippen LogP contribution is 2.23. The van der Waals surface area contributed by atoms with Crippen LogP contribution in [0.15, 0.2) is 24.4 Å². The first-order valence-corrected chi connectivity index (χ1v) is 4.90. The number of carbonyl (C=O) groups excluding carboxylic acids is 1. The molecule has 2 nitrogen and oxygen atoms in total. The van der Waals surface area contributed by atoms with Crippen molar-refractivity contribution in [1.29, 1.82) is 0 Å². The molecule has 3 heteroatoms. The molecule has 0 amide bonds. The topological polar surface area (TPSA) is 32.9 Å². The Balaban J connectivity index is 2.67. The van der Waals surface area contributed by atoms with Crippen molar-refractivity contribution in [2.45, 2.75) is 13.3 Å². The van der Waals surface area contributed by atoms with E-state index in [0.29, 0.717) is 11.4 Å². The molecule has 2 aromatic rings. The Hall–Kier alpha value is -1.28. The van der Waals surface area contributed by atoms with Crippen LogP contribution in [0.25, 0.3) is 10.9 Å². The zero-order chi connectivity index (χ0) is 10.1. The second kappa shape index (κ2) is 3.46. The van der Waals surface area contributed by atoms with E-state index in [2.05, 4.69) is 4.98 Å². The van der Waals surface area contributed by atoms with Gasteiger partial charge in [-0.15, -0.1) is 0 Å². The lowest BCUT2D eigenvalue weighted by Gasteiger charge is -1.95. The van der Waals surface area contributed by atoms with E-state index in [0.717, 1.165) is 16.5 Å². The number of halogens is 1. The molecule has 1 aromatic heterocycles. The first-order chi connectivity index (χ1) is 6.72. The summed E-state index contributed by atoms with van der Waals surface area (Å²) in [5.41, 5.74) is 1.68. The summed E-state index contributed by atoms with van der Waals surface area (Å²) in [6.07, 6.45) is 2.26. The van der Waals surface area contributed by atoms with E-state index in [4.69, 9.17) is 11.6 Å². The molecule has 0 bridgehead atoms. The number of aromatic nitrogens is 1. The van der Waals surface area contributed by atoms with E-state index in [1.54, 1.807) is 12.3 Å². The number of H-pyrrole nitrogens is 1. The summed E-state index contributed by atoms with van der Waals surface area (Å²) >= 11 is 5.87. The minimum atomic E-state index is 0.138. The monoisotopic (exact) mass is 207 g/mol. The van der Waals surface area contributed by atoms with Gasteiger partial charge in [0.25, 0.3) is 0 Å². The Morgan fingerprint density at radius 2 is 2.29 bits per heavy atom. The van der Waals surface area contributed by atoms with Gasteiger partial charge in [0.1, 0.15) is 0 Å². The summed E-state index contributed by atoms with van der Waals surface area (Å²) in [6, 6.07) is 5.50. The quantitative estimate of drug-likeness (QED) is 0.753. The predicted molar refractivity (Wildman–Crippen MR) is 57.9 cm³/mol. The fourth-order valence-corrected chi connectivity index (χ4v) is 1.69. The SMILES string of the molecule is CCC(=O)c1c[nH]c2ccc(Cl)cc12. The van der Waals surface area contributed by atoms with Crippen LogP contribution in [0.2, 0.25) is 5.02 Å². The summed E-state index contributed by atoms with van der Waals surface area (Å²) in [7, 11) is 0. The van der Waals surface area contributed by atoms with Crippen LogP contribution in [-0.4, -0.2) is 10.8 Å². The molecule has 1 N–H and O–H groups in total.